The van der Waals surface area contributed by atoms with E-state index in [-0.39, 0.29) is 0 Å². The van der Waals surface area contributed by atoms with E-state index < -0.39 is 6.10 Å². The minimum Gasteiger partial charge on any atom is -0.490 e. The Bertz CT molecular complexity index is 556. The molecule has 2 rings (SSSR count). The first-order chi connectivity index (χ1) is 10.8. The summed E-state index contributed by atoms with van der Waals surface area (Å²) in [6.07, 6.45) is 1.22. The largest absolute Gasteiger partial charge is 0.490 e. The number of aliphatic hydroxyl groups excluding tert-OH is 1. The molecule has 1 aromatic carbocycles. The smallest absolute Gasteiger partial charge is 0.133 e. The highest BCUT2D eigenvalue weighted by Crippen LogP contribution is 2.23. The first kappa shape index (κ1) is 17.3. The molecule has 6 heteroatoms. The number of hydrogen-bond donors (Lipinski definition) is 1. The van der Waals surface area contributed by atoms with Gasteiger partial charge < -0.3 is 14.6 Å². The second-order valence-electron chi connectivity index (χ2n) is 4.49. The van der Waals surface area contributed by atoms with Gasteiger partial charge in [-0.05, 0) is 40.2 Å². The summed E-state index contributed by atoms with van der Waals surface area (Å²) < 4.78 is 11.9. The maximum atomic E-state index is 9.85. The summed E-state index contributed by atoms with van der Waals surface area (Å²) in [5, 5.41) is 10.8. The summed E-state index contributed by atoms with van der Waals surface area (Å²) in [6.45, 7) is 1.18. The Morgan fingerprint density at radius 1 is 1.14 bits per heavy atom. The number of nitrogens with zero attached hydrogens (tertiary/aromatic N) is 1. The van der Waals surface area contributed by atoms with E-state index in [9.17, 15) is 5.11 Å². The van der Waals surface area contributed by atoms with Crippen molar-refractivity contribution in [2.45, 2.75) is 11.1 Å². The molecule has 0 unspecified atom stereocenters. The van der Waals surface area contributed by atoms with Crippen LogP contribution in [0.3, 0.4) is 0 Å². The molecule has 1 atom stereocenters. The third-order valence-corrected chi connectivity index (χ3v) is 4.44. The number of hydrogen-bond acceptors (Lipinski definition) is 5. The van der Waals surface area contributed by atoms with Crippen molar-refractivity contribution in [1.82, 2.24) is 4.98 Å². The average molecular weight is 384 g/mol. The molecular formula is C16H18BrNO3S. The summed E-state index contributed by atoms with van der Waals surface area (Å²) in [6, 6.07) is 13.4. The first-order valence-electron chi connectivity index (χ1n) is 6.92. The number of para-hydroxylation sites is 1. The molecule has 0 aliphatic carbocycles. The lowest BCUT2D eigenvalue weighted by Gasteiger charge is -2.12. The normalized spacial score (nSPS) is 12.1. The van der Waals surface area contributed by atoms with E-state index in [0.717, 1.165) is 15.2 Å². The standard InChI is InChI=1S/C16H18BrNO3S/c17-14-5-1-2-6-15(14)21-10-9-20-11-13(19)12-22-16-7-3-4-8-18-16/h1-8,13,19H,9-12H2/t13-/m1/s1. The molecule has 1 aromatic heterocycles. The van der Waals surface area contributed by atoms with Gasteiger partial charge in [-0.25, -0.2) is 4.98 Å². The van der Waals surface area contributed by atoms with Gasteiger partial charge in [0.05, 0.1) is 28.8 Å². The number of thioether (sulfide) groups is 1. The van der Waals surface area contributed by atoms with Crippen LogP contribution in [0, 0.1) is 0 Å². The number of aromatic nitrogens is 1. The Hall–Kier alpha value is -1.08. The fourth-order valence-corrected chi connectivity index (χ4v) is 2.82. The van der Waals surface area contributed by atoms with E-state index in [4.69, 9.17) is 9.47 Å². The molecule has 4 nitrogen and oxygen atoms in total. The van der Waals surface area contributed by atoms with Crippen molar-refractivity contribution in [3.05, 3.63) is 53.1 Å². The molecule has 0 bridgehead atoms. The number of benzene rings is 1. The van der Waals surface area contributed by atoms with Gasteiger partial charge in [0.1, 0.15) is 12.4 Å². The number of pyridine rings is 1. The fourth-order valence-electron chi connectivity index (χ4n) is 1.65. The highest BCUT2D eigenvalue weighted by Gasteiger charge is 2.06. The monoisotopic (exact) mass is 383 g/mol. The van der Waals surface area contributed by atoms with Crippen molar-refractivity contribution in [2.24, 2.45) is 0 Å². The molecule has 1 N–H and O–H groups in total. The van der Waals surface area contributed by atoms with Crippen molar-refractivity contribution < 1.29 is 14.6 Å². The Kier molecular flexibility index (Phi) is 7.73. The van der Waals surface area contributed by atoms with Crippen molar-refractivity contribution >= 4 is 27.7 Å². The topological polar surface area (TPSA) is 51.6 Å². The fraction of sp³-hybridized carbons (Fsp3) is 0.312. The van der Waals surface area contributed by atoms with Crippen LogP contribution in [0.4, 0.5) is 0 Å². The Morgan fingerprint density at radius 3 is 2.73 bits per heavy atom. The summed E-state index contributed by atoms with van der Waals surface area (Å²) in [5.74, 6) is 1.35. The van der Waals surface area contributed by atoms with Gasteiger partial charge in [-0.15, -0.1) is 11.8 Å². The van der Waals surface area contributed by atoms with E-state index in [1.54, 1.807) is 6.20 Å². The Balaban J connectivity index is 1.56. The minimum absolute atomic E-state index is 0.291. The second-order valence-corrected chi connectivity index (χ2v) is 6.38. The second kappa shape index (κ2) is 9.84. The van der Waals surface area contributed by atoms with E-state index in [1.807, 2.05) is 42.5 Å². The molecule has 0 radical (unpaired) electrons. The quantitative estimate of drug-likeness (QED) is 0.531. The Labute approximate surface area is 143 Å². The van der Waals surface area contributed by atoms with Gasteiger partial charge in [0.15, 0.2) is 0 Å². The molecule has 0 spiro atoms. The molecular weight excluding hydrogens is 366 g/mol. The van der Waals surface area contributed by atoms with Gasteiger partial charge in [-0.2, -0.15) is 0 Å². The Morgan fingerprint density at radius 2 is 1.95 bits per heavy atom. The van der Waals surface area contributed by atoms with Crippen LogP contribution < -0.4 is 4.74 Å². The maximum absolute atomic E-state index is 9.85. The van der Waals surface area contributed by atoms with Gasteiger partial charge in [-0.1, -0.05) is 18.2 Å². The predicted octanol–water partition coefficient (Wildman–Crippen LogP) is 3.39. The molecule has 2 aromatic rings. The van der Waals surface area contributed by atoms with Gasteiger partial charge in [0.25, 0.3) is 0 Å². The molecule has 0 amide bonds. The van der Waals surface area contributed by atoms with Crippen LogP contribution in [0.2, 0.25) is 0 Å². The third-order valence-electron chi connectivity index (χ3n) is 2.69. The molecule has 0 aliphatic heterocycles. The minimum atomic E-state index is -0.518. The summed E-state index contributed by atoms with van der Waals surface area (Å²) >= 11 is 4.93. The highest BCUT2D eigenvalue weighted by molar-refractivity contribution is 9.10. The van der Waals surface area contributed by atoms with E-state index in [0.29, 0.717) is 25.6 Å². The van der Waals surface area contributed by atoms with Gasteiger partial charge in [0, 0.05) is 11.9 Å². The summed E-state index contributed by atoms with van der Waals surface area (Å²) in [5.41, 5.74) is 0. The number of aliphatic hydroxyl groups is 1. The van der Waals surface area contributed by atoms with Crippen LogP contribution in [0.15, 0.2) is 58.2 Å². The van der Waals surface area contributed by atoms with Crippen LogP contribution in [0.1, 0.15) is 0 Å². The number of ether oxygens (including phenoxy) is 2. The van der Waals surface area contributed by atoms with Crippen molar-refractivity contribution in [3.8, 4) is 5.75 Å². The molecule has 22 heavy (non-hydrogen) atoms. The van der Waals surface area contributed by atoms with Gasteiger partial charge in [0.2, 0.25) is 0 Å². The zero-order valence-corrected chi connectivity index (χ0v) is 14.4. The predicted molar refractivity (Wildman–Crippen MR) is 91.4 cm³/mol. The van der Waals surface area contributed by atoms with Gasteiger partial charge in [-0.3, -0.25) is 0 Å². The van der Waals surface area contributed by atoms with E-state index in [1.165, 1.54) is 11.8 Å². The third kappa shape index (κ3) is 6.36. The lowest BCUT2D eigenvalue weighted by molar-refractivity contribution is 0.0347. The molecule has 0 aliphatic rings. The molecule has 118 valence electrons. The highest BCUT2D eigenvalue weighted by atomic mass is 79.9. The van der Waals surface area contributed by atoms with Gasteiger partial charge >= 0.3 is 0 Å². The van der Waals surface area contributed by atoms with Crippen LogP contribution in [0.25, 0.3) is 0 Å². The van der Waals surface area contributed by atoms with Crippen molar-refractivity contribution in [3.63, 3.8) is 0 Å². The SMILES string of the molecule is O[C@H](COCCOc1ccccc1Br)CSc1ccccn1. The van der Waals surface area contributed by atoms with E-state index >= 15 is 0 Å². The van der Waals surface area contributed by atoms with Crippen molar-refractivity contribution in [1.29, 1.82) is 0 Å². The van der Waals surface area contributed by atoms with E-state index in [2.05, 4.69) is 20.9 Å². The molecule has 0 saturated heterocycles. The average Bonchev–Trinajstić information content (AvgIpc) is 2.55. The number of rotatable bonds is 9. The van der Waals surface area contributed by atoms with Crippen LogP contribution >= 0.6 is 27.7 Å². The lowest BCUT2D eigenvalue weighted by Crippen LogP contribution is -2.20. The van der Waals surface area contributed by atoms with Crippen LogP contribution in [-0.4, -0.2) is 41.8 Å². The summed E-state index contributed by atoms with van der Waals surface area (Å²) in [4.78, 5) is 4.19. The number of halogens is 1. The summed E-state index contributed by atoms with van der Waals surface area (Å²) in [7, 11) is 0. The van der Waals surface area contributed by atoms with Crippen LogP contribution in [-0.2, 0) is 4.74 Å². The van der Waals surface area contributed by atoms with Crippen molar-refractivity contribution in [2.75, 3.05) is 25.6 Å². The molecule has 0 fully saturated rings. The maximum Gasteiger partial charge on any atom is 0.133 e. The zero-order valence-electron chi connectivity index (χ0n) is 12.0. The van der Waals surface area contributed by atoms with Crippen LogP contribution in [0.5, 0.6) is 5.75 Å². The molecule has 0 saturated carbocycles. The molecule has 1 heterocycles. The first-order valence-corrected chi connectivity index (χ1v) is 8.70. The lowest BCUT2D eigenvalue weighted by atomic mass is 10.3. The zero-order chi connectivity index (χ0) is 15.6.